The highest BCUT2D eigenvalue weighted by Crippen LogP contribution is 2.20. The van der Waals surface area contributed by atoms with Crippen molar-refractivity contribution in [2.24, 2.45) is 15.9 Å². The summed E-state index contributed by atoms with van der Waals surface area (Å²) in [5.74, 6) is -0.267. The number of aromatic hydroxyl groups is 2. The number of benzene rings is 1. The predicted molar refractivity (Wildman–Crippen MR) is 66.8 cm³/mol. The zero-order valence-corrected chi connectivity index (χ0v) is 9.56. The zero-order chi connectivity index (χ0) is 13.8. The maximum absolute atomic E-state index is 9.50. The van der Waals surface area contributed by atoms with Crippen LogP contribution in [0.4, 0.5) is 5.82 Å². The van der Waals surface area contributed by atoms with Crippen LogP contribution in [-0.2, 0) is 0 Å². The lowest BCUT2D eigenvalue weighted by Crippen LogP contribution is -2.15. The van der Waals surface area contributed by atoms with E-state index in [1.165, 1.54) is 24.4 Å². The molecular formula is C10H10N6O3. The van der Waals surface area contributed by atoms with Gasteiger partial charge in [-0.2, -0.15) is 5.10 Å². The molecule has 0 aliphatic rings. The molecule has 1 aromatic heterocycles. The maximum atomic E-state index is 9.50. The highest BCUT2D eigenvalue weighted by molar-refractivity contribution is 5.99. The summed E-state index contributed by atoms with van der Waals surface area (Å²) in [5, 5.41) is 32.7. The monoisotopic (exact) mass is 262 g/mol. The molecule has 1 heterocycles. The summed E-state index contributed by atoms with van der Waals surface area (Å²) >= 11 is 0. The van der Waals surface area contributed by atoms with Crippen LogP contribution >= 0.6 is 0 Å². The number of nitrogen functional groups attached to an aromatic ring is 1. The number of phenolic OH excluding ortho intramolecular Hbond substituents is 2. The van der Waals surface area contributed by atoms with Crippen molar-refractivity contribution in [3.8, 4) is 11.5 Å². The number of amidine groups is 1. The number of anilines is 1. The van der Waals surface area contributed by atoms with Crippen LogP contribution < -0.4 is 11.5 Å². The topological polar surface area (TPSA) is 156 Å². The van der Waals surface area contributed by atoms with Gasteiger partial charge in [0, 0.05) is 11.6 Å². The van der Waals surface area contributed by atoms with E-state index in [0.29, 0.717) is 5.56 Å². The quantitative estimate of drug-likeness (QED) is 0.339. The summed E-state index contributed by atoms with van der Waals surface area (Å²) < 4.78 is 4.36. The van der Waals surface area contributed by atoms with Crippen LogP contribution in [0.1, 0.15) is 11.3 Å². The van der Waals surface area contributed by atoms with E-state index >= 15 is 0 Å². The molecule has 0 aliphatic heterocycles. The second-order valence-corrected chi connectivity index (χ2v) is 3.47. The van der Waals surface area contributed by atoms with E-state index in [-0.39, 0.29) is 28.8 Å². The average Bonchev–Trinajstić information content (AvgIpc) is 2.78. The van der Waals surface area contributed by atoms with E-state index in [1.807, 2.05) is 0 Å². The largest absolute Gasteiger partial charge is 0.508 e. The molecule has 1 aromatic carbocycles. The third-order valence-electron chi connectivity index (χ3n) is 2.13. The van der Waals surface area contributed by atoms with Gasteiger partial charge in [-0.3, -0.25) is 0 Å². The van der Waals surface area contributed by atoms with E-state index < -0.39 is 0 Å². The molecule has 0 amide bonds. The van der Waals surface area contributed by atoms with Crippen LogP contribution in [-0.4, -0.2) is 32.6 Å². The first-order valence-electron chi connectivity index (χ1n) is 5.05. The summed E-state index contributed by atoms with van der Waals surface area (Å²) in [5.41, 5.74) is 11.4. The van der Waals surface area contributed by atoms with Crippen LogP contribution in [0.25, 0.3) is 0 Å². The lowest BCUT2D eigenvalue weighted by Gasteiger charge is -1.97. The van der Waals surface area contributed by atoms with Gasteiger partial charge in [-0.25, -0.2) is 4.63 Å². The van der Waals surface area contributed by atoms with Crippen LogP contribution in [0.5, 0.6) is 11.5 Å². The molecule has 0 atom stereocenters. The van der Waals surface area contributed by atoms with E-state index in [2.05, 4.69) is 25.1 Å². The Morgan fingerprint density at radius 2 is 2.11 bits per heavy atom. The minimum absolute atomic E-state index is 0.00364. The van der Waals surface area contributed by atoms with Crippen molar-refractivity contribution in [1.29, 1.82) is 0 Å². The highest BCUT2D eigenvalue weighted by atomic mass is 16.6. The first kappa shape index (κ1) is 12.4. The molecule has 98 valence electrons. The fraction of sp³-hybridized carbons (Fsp3) is 0. The molecule has 9 heteroatoms. The third-order valence-corrected chi connectivity index (χ3v) is 2.13. The molecule has 0 spiro atoms. The molecule has 0 aliphatic carbocycles. The Morgan fingerprint density at radius 1 is 1.32 bits per heavy atom. The molecule has 6 N–H and O–H groups in total. The number of hydrogen-bond acceptors (Lipinski definition) is 8. The molecule has 19 heavy (non-hydrogen) atoms. The van der Waals surface area contributed by atoms with Gasteiger partial charge < -0.3 is 21.7 Å². The van der Waals surface area contributed by atoms with Gasteiger partial charge in [-0.15, -0.1) is 5.10 Å². The Balaban J connectivity index is 2.17. The van der Waals surface area contributed by atoms with Crippen molar-refractivity contribution < 1.29 is 14.8 Å². The summed E-state index contributed by atoms with van der Waals surface area (Å²) in [6.45, 7) is 0. The van der Waals surface area contributed by atoms with Gasteiger partial charge in [0.2, 0.25) is 0 Å². The van der Waals surface area contributed by atoms with Crippen molar-refractivity contribution in [2.75, 3.05) is 5.73 Å². The second-order valence-electron chi connectivity index (χ2n) is 3.47. The lowest BCUT2D eigenvalue weighted by molar-refractivity contribution is 0.308. The van der Waals surface area contributed by atoms with Crippen LogP contribution in [0.15, 0.2) is 33.0 Å². The summed E-state index contributed by atoms with van der Waals surface area (Å²) in [7, 11) is 0. The highest BCUT2D eigenvalue weighted by Gasteiger charge is 2.09. The van der Waals surface area contributed by atoms with Gasteiger partial charge in [-0.1, -0.05) is 0 Å². The number of rotatable bonds is 3. The van der Waals surface area contributed by atoms with Crippen LogP contribution in [0.3, 0.4) is 0 Å². The van der Waals surface area contributed by atoms with Crippen LogP contribution in [0.2, 0.25) is 0 Å². The fourth-order valence-electron chi connectivity index (χ4n) is 1.22. The molecule has 2 aromatic rings. The molecule has 0 saturated carbocycles. The Bertz CT molecular complexity index is 648. The predicted octanol–water partition coefficient (Wildman–Crippen LogP) is -0.198. The number of hydrogen-bond donors (Lipinski definition) is 4. The van der Waals surface area contributed by atoms with Crippen molar-refractivity contribution in [3.63, 3.8) is 0 Å². The van der Waals surface area contributed by atoms with Gasteiger partial charge in [0.25, 0.3) is 0 Å². The molecule has 0 saturated heterocycles. The molecule has 0 bridgehead atoms. The van der Waals surface area contributed by atoms with E-state index in [0.717, 1.165) is 0 Å². The molecule has 0 radical (unpaired) electrons. The Kier molecular flexibility index (Phi) is 3.28. The summed E-state index contributed by atoms with van der Waals surface area (Å²) in [6, 6.07) is 4.04. The molecule has 2 rings (SSSR count). The minimum atomic E-state index is -0.139. The van der Waals surface area contributed by atoms with Crippen molar-refractivity contribution in [2.45, 2.75) is 0 Å². The third kappa shape index (κ3) is 2.77. The average molecular weight is 262 g/mol. The first-order valence-corrected chi connectivity index (χ1v) is 5.05. The van der Waals surface area contributed by atoms with Crippen molar-refractivity contribution >= 4 is 17.9 Å². The van der Waals surface area contributed by atoms with Gasteiger partial charge in [-0.05, 0) is 22.4 Å². The van der Waals surface area contributed by atoms with Gasteiger partial charge >= 0.3 is 0 Å². The molecule has 0 fully saturated rings. The van der Waals surface area contributed by atoms with E-state index in [1.54, 1.807) is 0 Å². The van der Waals surface area contributed by atoms with Crippen molar-refractivity contribution in [1.82, 2.24) is 10.3 Å². The SMILES string of the molecule is N/C(=N\N=Cc1ccc(O)cc1O)c1nonc1N. The second kappa shape index (κ2) is 5.04. The molecular weight excluding hydrogens is 252 g/mol. The fourth-order valence-corrected chi connectivity index (χ4v) is 1.22. The van der Waals surface area contributed by atoms with Crippen LogP contribution in [0, 0.1) is 0 Å². The molecule has 0 unspecified atom stereocenters. The van der Waals surface area contributed by atoms with Gasteiger partial charge in [0.1, 0.15) is 11.5 Å². The smallest absolute Gasteiger partial charge is 0.199 e. The number of aromatic nitrogens is 2. The van der Waals surface area contributed by atoms with E-state index in [9.17, 15) is 5.11 Å². The Labute approximate surface area is 106 Å². The Morgan fingerprint density at radius 3 is 2.74 bits per heavy atom. The molecule has 9 nitrogen and oxygen atoms in total. The van der Waals surface area contributed by atoms with E-state index in [4.69, 9.17) is 16.6 Å². The normalized spacial score (nSPS) is 12.1. The Hall–Kier alpha value is -3.10. The van der Waals surface area contributed by atoms with Gasteiger partial charge in [0.05, 0.1) is 6.21 Å². The minimum Gasteiger partial charge on any atom is -0.508 e. The number of nitrogens with two attached hydrogens (primary N) is 2. The summed E-state index contributed by atoms with van der Waals surface area (Å²) in [6.07, 6.45) is 1.26. The summed E-state index contributed by atoms with van der Waals surface area (Å²) in [4.78, 5) is 0. The van der Waals surface area contributed by atoms with Crippen molar-refractivity contribution in [3.05, 3.63) is 29.5 Å². The number of phenols is 2. The standard InChI is InChI=1S/C10H10N6O3/c11-9(8-10(12)16-19-15-8)14-13-4-5-1-2-6(17)3-7(5)18/h1-4,17-18H,(H2,11,14)(H2,12,16). The lowest BCUT2D eigenvalue weighted by atomic mass is 10.2. The van der Waals surface area contributed by atoms with Gasteiger partial charge in [0.15, 0.2) is 17.3 Å². The number of nitrogens with zero attached hydrogens (tertiary/aromatic N) is 4. The zero-order valence-electron chi connectivity index (χ0n) is 9.56. The first-order chi connectivity index (χ1) is 9.08. The maximum Gasteiger partial charge on any atom is 0.199 e.